The van der Waals surface area contributed by atoms with Crippen molar-refractivity contribution in [2.45, 2.75) is 0 Å². The molecule has 6 nitrogen and oxygen atoms in total. The molecule has 0 bridgehead atoms. The molecule has 0 aliphatic rings. The molecule has 6 heteroatoms. The Balaban J connectivity index is 2.13. The highest BCUT2D eigenvalue weighted by molar-refractivity contribution is 5.93. The van der Waals surface area contributed by atoms with E-state index >= 15 is 0 Å². The highest BCUT2D eigenvalue weighted by atomic mass is 16.5. The summed E-state index contributed by atoms with van der Waals surface area (Å²) in [4.78, 5) is 0. The maximum absolute atomic E-state index is 9.32. The van der Waals surface area contributed by atoms with Crippen LogP contribution < -0.4 is 5.73 Å². The van der Waals surface area contributed by atoms with E-state index in [1.807, 2.05) is 42.5 Å². The van der Waals surface area contributed by atoms with Crippen LogP contribution in [0.5, 0.6) is 0 Å². The number of nitrogens with two attached hydrogens (primary N) is 1. The smallest absolute Gasteiger partial charge is 0.174 e. The molecular formula is C20H11N5O. The highest BCUT2D eigenvalue weighted by Crippen LogP contribution is 2.29. The molecule has 1 aromatic heterocycles. The second-order valence-electron chi connectivity index (χ2n) is 5.34. The van der Waals surface area contributed by atoms with Crippen LogP contribution in [0.3, 0.4) is 0 Å². The number of fused-ring (bicyclic) bond motifs is 1. The fourth-order valence-electron chi connectivity index (χ4n) is 2.46. The van der Waals surface area contributed by atoms with Crippen LogP contribution in [0.15, 0.2) is 69.9 Å². The number of hydrogen-bond acceptors (Lipinski definition) is 6. The van der Waals surface area contributed by atoms with E-state index in [2.05, 4.69) is 5.16 Å². The first-order chi connectivity index (χ1) is 12.7. The largest absolute Gasteiger partial charge is 0.396 e. The average molecular weight is 337 g/mol. The van der Waals surface area contributed by atoms with Gasteiger partial charge in [-0.05, 0) is 23.8 Å². The van der Waals surface area contributed by atoms with Gasteiger partial charge in [0.05, 0.1) is 16.7 Å². The predicted molar refractivity (Wildman–Crippen MR) is 95.5 cm³/mol. The maximum atomic E-state index is 9.32. The van der Waals surface area contributed by atoms with E-state index in [1.165, 1.54) is 6.08 Å². The lowest BCUT2D eigenvalue weighted by Crippen LogP contribution is -2.03. The summed E-state index contributed by atoms with van der Waals surface area (Å²) in [5.74, 6) is 0.618. The molecule has 2 aromatic carbocycles. The number of hydrogen-bond donors (Lipinski definition) is 1. The molecule has 0 fully saturated rings. The average Bonchev–Trinajstić information content (AvgIpc) is 3.10. The van der Waals surface area contributed by atoms with Crippen LogP contribution in [0, 0.1) is 34.0 Å². The van der Waals surface area contributed by atoms with Crippen LogP contribution in [0.2, 0.25) is 0 Å². The summed E-state index contributed by atoms with van der Waals surface area (Å²) < 4.78 is 5.45. The molecule has 0 unspecified atom stereocenters. The number of benzene rings is 2. The van der Waals surface area contributed by atoms with Gasteiger partial charge in [-0.3, -0.25) is 0 Å². The van der Waals surface area contributed by atoms with Crippen LogP contribution in [0.4, 0.5) is 0 Å². The highest BCUT2D eigenvalue weighted by Gasteiger charge is 2.12. The van der Waals surface area contributed by atoms with Gasteiger partial charge in [0.25, 0.3) is 0 Å². The molecule has 26 heavy (non-hydrogen) atoms. The summed E-state index contributed by atoms with van der Waals surface area (Å²) in [5, 5.41) is 32.0. The summed E-state index contributed by atoms with van der Waals surface area (Å²) in [5.41, 5.74) is 7.60. The number of nitrogens with zero attached hydrogens (tertiary/aromatic N) is 4. The van der Waals surface area contributed by atoms with Gasteiger partial charge in [0, 0.05) is 5.56 Å². The first-order valence-corrected chi connectivity index (χ1v) is 7.55. The number of aromatic nitrogens is 1. The first-order valence-electron chi connectivity index (χ1n) is 7.55. The van der Waals surface area contributed by atoms with Crippen molar-refractivity contribution in [1.82, 2.24) is 5.16 Å². The lowest BCUT2D eigenvalue weighted by Gasteiger charge is -2.01. The van der Waals surface area contributed by atoms with Crippen molar-refractivity contribution in [3.8, 4) is 29.5 Å². The number of rotatable bonds is 3. The molecule has 3 rings (SSSR count). The van der Waals surface area contributed by atoms with E-state index in [0.29, 0.717) is 16.8 Å². The van der Waals surface area contributed by atoms with E-state index in [0.717, 1.165) is 10.9 Å². The Bertz CT molecular complexity index is 1150. The van der Waals surface area contributed by atoms with Crippen molar-refractivity contribution < 1.29 is 4.52 Å². The van der Waals surface area contributed by atoms with Crippen molar-refractivity contribution in [1.29, 1.82) is 15.8 Å². The van der Waals surface area contributed by atoms with Crippen molar-refractivity contribution in [2.75, 3.05) is 0 Å². The van der Waals surface area contributed by atoms with Crippen molar-refractivity contribution in [3.05, 3.63) is 70.9 Å². The molecule has 3 aromatic rings. The Morgan fingerprint density at radius 2 is 1.73 bits per heavy atom. The monoisotopic (exact) mass is 337 g/mol. The van der Waals surface area contributed by atoms with Crippen LogP contribution >= 0.6 is 0 Å². The second kappa shape index (κ2) is 7.05. The number of allylic oxidation sites excluding steroid dienone is 2. The molecule has 0 aliphatic carbocycles. The Kier molecular flexibility index (Phi) is 4.48. The van der Waals surface area contributed by atoms with E-state index in [-0.39, 0.29) is 16.8 Å². The lowest BCUT2D eigenvalue weighted by molar-refractivity contribution is 0.441. The van der Waals surface area contributed by atoms with E-state index in [9.17, 15) is 5.26 Å². The molecule has 1 heterocycles. The molecular weight excluding hydrogens is 326 g/mol. The Labute approximate surface area is 149 Å². The van der Waals surface area contributed by atoms with Crippen LogP contribution in [0.25, 0.3) is 28.3 Å². The minimum Gasteiger partial charge on any atom is -0.396 e. The molecule has 0 radical (unpaired) electrons. The molecule has 122 valence electrons. The molecule has 0 aliphatic heterocycles. The van der Waals surface area contributed by atoms with Crippen LogP contribution in [0.1, 0.15) is 5.56 Å². The van der Waals surface area contributed by atoms with E-state index in [4.69, 9.17) is 20.8 Å². The second-order valence-corrected chi connectivity index (χ2v) is 5.34. The van der Waals surface area contributed by atoms with Crippen molar-refractivity contribution in [2.24, 2.45) is 5.73 Å². The SMILES string of the molecule is N#CC(=Cc1ccc2noc(-c3ccccc3)c2c1)C(N)=C(C#N)C#N. The zero-order valence-corrected chi connectivity index (χ0v) is 13.5. The summed E-state index contributed by atoms with van der Waals surface area (Å²) >= 11 is 0. The van der Waals surface area contributed by atoms with Crippen LogP contribution in [-0.2, 0) is 0 Å². The Morgan fingerprint density at radius 1 is 1.00 bits per heavy atom. The van der Waals surface area contributed by atoms with Gasteiger partial charge in [-0.15, -0.1) is 0 Å². The Hall–Kier alpha value is -4.34. The zero-order chi connectivity index (χ0) is 18.5. The summed E-state index contributed by atoms with van der Waals surface area (Å²) in [6.45, 7) is 0. The van der Waals surface area contributed by atoms with E-state index < -0.39 is 0 Å². The third-order valence-electron chi connectivity index (χ3n) is 3.75. The minimum absolute atomic E-state index is 0.0418. The fourth-order valence-corrected chi connectivity index (χ4v) is 2.46. The standard InChI is InChI=1S/C20H11N5O/c21-10-15(19(24)16(11-22)12-23)8-13-6-7-18-17(9-13)20(26-25-18)14-4-2-1-3-5-14/h1-9H,24H2. The van der Waals surface area contributed by atoms with Gasteiger partial charge >= 0.3 is 0 Å². The molecule has 2 N–H and O–H groups in total. The van der Waals surface area contributed by atoms with Gasteiger partial charge in [-0.1, -0.05) is 41.6 Å². The van der Waals surface area contributed by atoms with E-state index in [1.54, 1.807) is 24.3 Å². The maximum Gasteiger partial charge on any atom is 0.174 e. The van der Waals surface area contributed by atoms with Gasteiger partial charge in [0.1, 0.15) is 23.7 Å². The third kappa shape index (κ3) is 3.01. The van der Waals surface area contributed by atoms with Gasteiger partial charge in [0.2, 0.25) is 0 Å². The summed E-state index contributed by atoms with van der Waals surface area (Å²) in [7, 11) is 0. The zero-order valence-electron chi connectivity index (χ0n) is 13.5. The predicted octanol–water partition coefficient (Wildman–Crippen LogP) is 3.66. The summed E-state index contributed by atoms with van der Waals surface area (Å²) in [6.07, 6.45) is 1.52. The first kappa shape index (κ1) is 16.5. The molecule has 0 amide bonds. The molecule has 0 spiro atoms. The minimum atomic E-state index is -0.297. The van der Waals surface area contributed by atoms with Gasteiger partial charge in [0.15, 0.2) is 11.3 Å². The topological polar surface area (TPSA) is 123 Å². The quantitative estimate of drug-likeness (QED) is 0.574. The fraction of sp³-hybridized carbons (Fsp3) is 0. The molecule has 0 saturated carbocycles. The third-order valence-corrected chi connectivity index (χ3v) is 3.75. The van der Waals surface area contributed by atoms with Crippen LogP contribution in [-0.4, -0.2) is 5.16 Å². The Morgan fingerprint density at radius 3 is 2.38 bits per heavy atom. The van der Waals surface area contributed by atoms with Gasteiger partial charge in [-0.25, -0.2) is 0 Å². The van der Waals surface area contributed by atoms with Gasteiger partial charge < -0.3 is 10.3 Å². The van der Waals surface area contributed by atoms with Gasteiger partial charge in [-0.2, -0.15) is 15.8 Å². The molecule has 0 saturated heterocycles. The van der Waals surface area contributed by atoms with Crippen molar-refractivity contribution >= 4 is 17.0 Å². The molecule has 0 atom stereocenters. The van der Waals surface area contributed by atoms with Crippen molar-refractivity contribution in [3.63, 3.8) is 0 Å². The normalized spacial score (nSPS) is 10.6. The lowest BCUT2D eigenvalue weighted by atomic mass is 10.0. The number of nitriles is 3. The summed E-state index contributed by atoms with van der Waals surface area (Å²) in [6, 6.07) is 20.2.